The molecule has 33 heavy (non-hydrogen) atoms. The van der Waals surface area contributed by atoms with E-state index in [-0.39, 0.29) is 11.0 Å². The molecule has 0 unspecified atom stereocenters. The predicted molar refractivity (Wildman–Crippen MR) is 119 cm³/mol. The molecule has 0 radical (unpaired) electrons. The average molecular weight is 439 g/mol. The van der Waals surface area contributed by atoms with Gasteiger partial charge in [0.2, 0.25) is 0 Å². The molecule has 0 aliphatic heterocycles. The fraction of sp³-hybridized carbons (Fsp3) is 0.167. The molecule has 3 aromatic heterocycles. The smallest absolute Gasteiger partial charge is 0.253 e. The lowest BCUT2D eigenvalue weighted by atomic mass is 9.92. The molecule has 1 saturated carbocycles. The molecule has 8 nitrogen and oxygen atoms in total. The van der Waals surface area contributed by atoms with E-state index in [1.807, 2.05) is 12.3 Å². The summed E-state index contributed by atoms with van der Waals surface area (Å²) in [5, 5.41) is 7.16. The second kappa shape index (κ2) is 7.13. The zero-order chi connectivity index (χ0) is 22.6. The molecule has 9 heteroatoms. The van der Waals surface area contributed by atoms with Crippen LogP contribution in [0.3, 0.4) is 0 Å². The number of fused-ring (bicyclic) bond motifs is 2. The summed E-state index contributed by atoms with van der Waals surface area (Å²) < 4.78 is 16.2. The summed E-state index contributed by atoms with van der Waals surface area (Å²) in [6.45, 7) is 0. The third-order valence-corrected chi connectivity index (χ3v) is 6.23. The first-order valence-corrected chi connectivity index (χ1v) is 10.5. The molecule has 1 amide bonds. The van der Waals surface area contributed by atoms with Crippen molar-refractivity contribution in [2.45, 2.75) is 18.3 Å². The zero-order valence-corrected chi connectivity index (χ0v) is 17.7. The minimum absolute atomic E-state index is 0.0186. The molecule has 1 N–H and O–H groups in total. The Balaban J connectivity index is 1.44. The Morgan fingerprint density at radius 2 is 1.79 bits per heavy atom. The van der Waals surface area contributed by atoms with Gasteiger partial charge in [0.15, 0.2) is 0 Å². The minimum atomic E-state index is -0.615. The molecule has 162 valence electrons. The standard InChI is InChI=1S/C24H18FN7O/c1-26-22(33)16-4-2-14(10-17(16)25)20-12-29-23-30-13-21(32(23)31-20)24(6-7-24)15-3-5-18-19(11-15)28-9-8-27-18/h2-5,8-13H,6-7H2,1H3,(H,26,33). The third kappa shape index (κ3) is 3.04. The van der Waals surface area contributed by atoms with Crippen molar-refractivity contribution in [3.05, 3.63) is 83.8 Å². The summed E-state index contributed by atoms with van der Waals surface area (Å²) in [5.41, 5.74) is 4.52. The van der Waals surface area contributed by atoms with Gasteiger partial charge in [0.25, 0.3) is 11.7 Å². The zero-order valence-electron chi connectivity index (χ0n) is 17.7. The van der Waals surface area contributed by atoms with Crippen LogP contribution in [0.25, 0.3) is 28.1 Å². The van der Waals surface area contributed by atoms with Crippen LogP contribution in [0.2, 0.25) is 0 Å². The molecule has 0 saturated heterocycles. The number of benzene rings is 2. The van der Waals surface area contributed by atoms with Crippen molar-refractivity contribution < 1.29 is 9.18 Å². The van der Waals surface area contributed by atoms with Gasteiger partial charge in [-0.3, -0.25) is 14.8 Å². The molecular weight excluding hydrogens is 421 g/mol. The van der Waals surface area contributed by atoms with Crippen molar-refractivity contribution in [2.24, 2.45) is 0 Å². The number of halogens is 1. The Bertz CT molecular complexity index is 1560. The van der Waals surface area contributed by atoms with Gasteiger partial charge in [-0.25, -0.2) is 14.4 Å². The van der Waals surface area contributed by atoms with Crippen molar-refractivity contribution >= 4 is 22.7 Å². The number of amides is 1. The first-order valence-electron chi connectivity index (χ1n) is 10.5. The highest BCUT2D eigenvalue weighted by Gasteiger charge is 2.48. The van der Waals surface area contributed by atoms with Crippen molar-refractivity contribution in [3.8, 4) is 11.3 Å². The van der Waals surface area contributed by atoms with Crippen molar-refractivity contribution in [3.63, 3.8) is 0 Å². The lowest BCUT2D eigenvalue weighted by molar-refractivity contribution is 0.0959. The van der Waals surface area contributed by atoms with Gasteiger partial charge in [-0.05, 0) is 42.7 Å². The molecule has 0 spiro atoms. The van der Waals surface area contributed by atoms with Gasteiger partial charge in [-0.15, -0.1) is 0 Å². The monoisotopic (exact) mass is 439 g/mol. The highest BCUT2D eigenvalue weighted by atomic mass is 19.1. The molecule has 0 bridgehead atoms. The summed E-state index contributed by atoms with van der Waals surface area (Å²) in [4.78, 5) is 29.5. The highest BCUT2D eigenvalue weighted by Crippen LogP contribution is 2.53. The molecule has 1 fully saturated rings. The van der Waals surface area contributed by atoms with Gasteiger partial charge in [0, 0.05) is 30.4 Å². The van der Waals surface area contributed by atoms with Crippen LogP contribution < -0.4 is 5.32 Å². The number of rotatable bonds is 4. The van der Waals surface area contributed by atoms with Gasteiger partial charge in [-0.2, -0.15) is 9.61 Å². The van der Waals surface area contributed by atoms with Crippen LogP contribution in [0, 0.1) is 5.82 Å². The van der Waals surface area contributed by atoms with Gasteiger partial charge in [-0.1, -0.05) is 12.1 Å². The average Bonchev–Trinajstić information content (AvgIpc) is 3.55. The quantitative estimate of drug-likeness (QED) is 0.461. The van der Waals surface area contributed by atoms with Gasteiger partial charge in [0.1, 0.15) is 11.5 Å². The summed E-state index contributed by atoms with van der Waals surface area (Å²) >= 11 is 0. The van der Waals surface area contributed by atoms with E-state index in [1.54, 1.807) is 29.2 Å². The highest BCUT2D eigenvalue weighted by molar-refractivity contribution is 5.94. The van der Waals surface area contributed by atoms with E-state index < -0.39 is 11.7 Å². The van der Waals surface area contributed by atoms with Crippen molar-refractivity contribution in [2.75, 3.05) is 7.05 Å². The van der Waals surface area contributed by atoms with E-state index in [1.165, 1.54) is 19.2 Å². The third-order valence-electron chi connectivity index (χ3n) is 6.23. The first-order chi connectivity index (χ1) is 16.1. The number of nitrogens with zero attached hydrogens (tertiary/aromatic N) is 6. The molecule has 0 atom stereocenters. The Hall–Kier alpha value is -4.27. The van der Waals surface area contributed by atoms with E-state index in [0.29, 0.717) is 17.0 Å². The van der Waals surface area contributed by atoms with Crippen LogP contribution in [0.15, 0.2) is 61.2 Å². The number of imidazole rings is 1. The van der Waals surface area contributed by atoms with Crippen LogP contribution >= 0.6 is 0 Å². The van der Waals surface area contributed by atoms with Crippen LogP contribution in [0.4, 0.5) is 4.39 Å². The Morgan fingerprint density at radius 3 is 2.55 bits per heavy atom. The fourth-order valence-electron chi connectivity index (χ4n) is 4.31. The van der Waals surface area contributed by atoms with Crippen LogP contribution in [0.5, 0.6) is 0 Å². The first kappa shape index (κ1) is 19.4. The maximum atomic E-state index is 14.5. The van der Waals surface area contributed by atoms with Crippen molar-refractivity contribution in [1.29, 1.82) is 0 Å². The number of hydrogen-bond donors (Lipinski definition) is 1. The van der Waals surface area contributed by atoms with E-state index >= 15 is 0 Å². The second-order valence-corrected chi connectivity index (χ2v) is 8.11. The van der Waals surface area contributed by atoms with Crippen molar-refractivity contribution in [1.82, 2.24) is 34.9 Å². The van der Waals surface area contributed by atoms with Crippen LogP contribution in [-0.2, 0) is 5.41 Å². The Labute approximate surface area is 187 Å². The Kier molecular flexibility index (Phi) is 4.19. The van der Waals surface area contributed by atoms with E-state index in [0.717, 1.165) is 35.1 Å². The maximum Gasteiger partial charge on any atom is 0.253 e. The van der Waals surface area contributed by atoms with Crippen LogP contribution in [0.1, 0.15) is 34.5 Å². The predicted octanol–water partition coefficient (Wildman–Crippen LogP) is 3.31. The fourth-order valence-corrected chi connectivity index (χ4v) is 4.31. The van der Waals surface area contributed by atoms with E-state index in [2.05, 4.69) is 37.4 Å². The topological polar surface area (TPSA) is 98.0 Å². The molecule has 1 aliphatic rings. The van der Waals surface area contributed by atoms with Crippen LogP contribution in [-0.4, -0.2) is 42.5 Å². The number of aromatic nitrogens is 6. The molecule has 5 aromatic rings. The molecule has 3 heterocycles. The summed E-state index contributed by atoms with van der Waals surface area (Å²) in [6.07, 6.45) is 8.64. The Morgan fingerprint density at radius 1 is 1.00 bits per heavy atom. The van der Waals surface area contributed by atoms with Gasteiger partial charge < -0.3 is 5.32 Å². The van der Waals surface area contributed by atoms with Gasteiger partial charge in [0.05, 0.1) is 34.7 Å². The normalized spacial score (nSPS) is 14.5. The van der Waals surface area contributed by atoms with E-state index in [9.17, 15) is 9.18 Å². The summed E-state index contributed by atoms with van der Waals surface area (Å²) in [7, 11) is 1.46. The lowest BCUT2D eigenvalue weighted by Crippen LogP contribution is -2.19. The molecule has 6 rings (SSSR count). The maximum absolute atomic E-state index is 14.5. The SMILES string of the molecule is CNC(=O)c1ccc(-c2cnc3ncc(C4(c5ccc6nccnc6c5)CC4)n3n2)cc1F. The number of carbonyl (C=O) groups is 1. The molecular formula is C24H18FN7O. The van der Waals surface area contributed by atoms with E-state index in [4.69, 9.17) is 5.10 Å². The second-order valence-electron chi connectivity index (χ2n) is 8.11. The number of carbonyl (C=O) groups excluding carboxylic acids is 1. The van der Waals surface area contributed by atoms with Gasteiger partial charge >= 0.3 is 0 Å². The summed E-state index contributed by atoms with van der Waals surface area (Å²) in [5.74, 6) is -0.619. The molecule has 2 aromatic carbocycles. The largest absolute Gasteiger partial charge is 0.355 e. The summed E-state index contributed by atoms with van der Waals surface area (Å²) in [6, 6.07) is 10.5. The lowest BCUT2D eigenvalue weighted by Gasteiger charge is -2.15. The minimum Gasteiger partial charge on any atom is -0.355 e. The number of hydrogen-bond acceptors (Lipinski definition) is 6. The molecule has 1 aliphatic carbocycles. The number of nitrogens with one attached hydrogen (secondary N) is 1.